The number of carbonyl (C=O) groups is 2. The molecule has 0 saturated carbocycles. The molecule has 0 radical (unpaired) electrons. The Morgan fingerprint density at radius 2 is 1.68 bits per heavy atom. The number of benzene rings is 2. The smallest absolute Gasteiger partial charge is 0.304 e. The number of nitrogens with one attached hydrogen (secondary N) is 1. The number of hydrogen-bond donors (Lipinski definition) is 1. The van der Waals surface area contributed by atoms with Gasteiger partial charge in [-0.3, -0.25) is 9.59 Å². The zero-order valence-electron chi connectivity index (χ0n) is 20.7. The van der Waals surface area contributed by atoms with Crippen molar-refractivity contribution in [3.05, 3.63) is 65.7 Å². The van der Waals surface area contributed by atoms with Crippen molar-refractivity contribution in [3.63, 3.8) is 0 Å². The largest absolute Gasteiger partial charge is 0.354 e. The van der Waals surface area contributed by atoms with Crippen LogP contribution in [0.5, 0.6) is 0 Å². The van der Waals surface area contributed by atoms with E-state index in [2.05, 4.69) is 5.32 Å². The molecular weight excluding hydrogens is 452 g/mol. The minimum Gasteiger partial charge on any atom is -0.354 e. The first-order valence-corrected chi connectivity index (χ1v) is 12.9. The minimum atomic E-state index is -3.95. The Labute approximate surface area is 203 Å². The summed E-state index contributed by atoms with van der Waals surface area (Å²) in [7, 11) is -1.10. The Morgan fingerprint density at radius 1 is 1.00 bits per heavy atom. The summed E-state index contributed by atoms with van der Waals surface area (Å²) in [6.45, 7) is 6.05. The maximum Gasteiger partial charge on any atom is 0.304 e. The van der Waals surface area contributed by atoms with E-state index < -0.39 is 28.7 Å². The second kappa shape index (κ2) is 12.5. The number of aryl methyl sites for hydroxylation is 1. The van der Waals surface area contributed by atoms with Crippen LogP contribution in [-0.4, -0.2) is 62.7 Å². The molecule has 1 atom stereocenters. The molecule has 2 amide bonds. The van der Waals surface area contributed by atoms with Crippen molar-refractivity contribution in [1.82, 2.24) is 14.5 Å². The fourth-order valence-corrected chi connectivity index (χ4v) is 4.66. The van der Waals surface area contributed by atoms with Crippen molar-refractivity contribution in [2.45, 2.75) is 46.2 Å². The lowest BCUT2D eigenvalue weighted by Gasteiger charge is -2.34. The first-order valence-electron chi connectivity index (χ1n) is 11.5. The summed E-state index contributed by atoms with van der Waals surface area (Å²) in [5, 5.41) is 2.88. The fraction of sp³-hybridized carbons (Fsp3) is 0.440. The molecule has 9 heteroatoms. The zero-order chi connectivity index (χ0) is 25.3. The third-order valence-electron chi connectivity index (χ3n) is 5.43. The number of hydrogen-bond acceptors (Lipinski definition) is 4. The Bertz CT molecular complexity index is 1060. The third kappa shape index (κ3) is 7.04. The van der Waals surface area contributed by atoms with Gasteiger partial charge in [-0.15, -0.1) is 0 Å². The molecule has 0 aliphatic heterocycles. The van der Waals surface area contributed by atoms with Gasteiger partial charge >= 0.3 is 10.2 Å². The molecule has 0 fully saturated rings. The molecule has 0 spiro atoms. The predicted octanol–water partition coefficient (Wildman–Crippen LogP) is 2.94. The van der Waals surface area contributed by atoms with E-state index in [1.807, 2.05) is 45.0 Å². The van der Waals surface area contributed by atoms with Gasteiger partial charge in [0.1, 0.15) is 12.6 Å². The van der Waals surface area contributed by atoms with Gasteiger partial charge in [-0.2, -0.15) is 12.7 Å². The average molecular weight is 489 g/mol. The second-order valence-corrected chi connectivity index (χ2v) is 10.4. The molecule has 186 valence electrons. The Kier molecular flexibility index (Phi) is 10.1. The lowest BCUT2D eigenvalue weighted by molar-refractivity contribution is -0.140. The molecule has 1 N–H and O–H groups in total. The van der Waals surface area contributed by atoms with Crippen LogP contribution < -0.4 is 9.62 Å². The number of amides is 2. The van der Waals surface area contributed by atoms with E-state index in [0.717, 1.165) is 26.2 Å². The van der Waals surface area contributed by atoms with Crippen LogP contribution in [0.4, 0.5) is 5.69 Å². The number of carbonyl (C=O) groups excluding carboxylic acids is 2. The van der Waals surface area contributed by atoms with E-state index in [1.54, 1.807) is 30.3 Å². The third-order valence-corrected chi connectivity index (χ3v) is 7.25. The van der Waals surface area contributed by atoms with Crippen LogP contribution in [0.15, 0.2) is 54.6 Å². The summed E-state index contributed by atoms with van der Waals surface area (Å²) in [5.41, 5.74) is 2.29. The van der Waals surface area contributed by atoms with Gasteiger partial charge in [0.2, 0.25) is 11.8 Å². The van der Waals surface area contributed by atoms with Crippen molar-refractivity contribution in [2.24, 2.45) is 0 Å². The average Bonchev–Trinajstić information content (AvgIpc) is 2.81. The van der Waals surface area contributed by atoms with Gasteiger partial charge in [-0.1, -0.05) is 61.9 Å². The molecule has 0 unspecified atom stereocenters. The highest BCUT2D eigenvalue weighted by Gasteiger charge is 2.33. The van der Waals surface area contributed by atoms with Crippen LogP contribution in [0.1, 0.15) is 37.8 Å². The number of anilines is 1. The molecule has 0 aromatic heterocycles. The van der Waals surface area contributed by atoms with Crippen molar-refractivity contribution in [3.8, 4) is 0 Å². The van der Waals surface area contributed by atoms with E-state index in [4.69, 9.17) is 0 Å². The Hall–Kier alpha value is -2.91. The molecule has 2 rings (SSSR count). The maximum atomic E-state index is 13.7. The topological polar surface area (TPSA) is 90.0 Å². The molecule has 0 bridgehead atoms. The first-order chi connectivity index (χ1) is 16.1. The van der Waals surface area contributed by atoms with E-state index in [-0.39, 0.29) is 12.5 Å². The summed E-state index contributed by atoms with van der Waals surface area (Å²) < 4.78 is 28.4. The predicted molar refractivity (Wildman–Crippen MR) is 136 cm³/mol. The van der Waals surface area contributed by atoms with Gasteiger partial charge in [-0.05, 0) is 37.5 Å². The van der Waals surface area contributed by atoms with Crippen LogP contribution in [0.3, 0.4) is 0 Å². The monoisotopic (exact) mass is 488 g/mol. The van der Waals surface area contributed by atoms with Crippen LogP contribution in [-0.2, 0) is 26.3 Å². The van der Waals surface area contributed by atoms with Crippen molar-refractivity contribution in [2.75, 3.05) is 31.5 Å². The van der Waals surface area contributed by atoms with Gasteiger partial charge < -0.3 is 10.2 Å². The first kappa shape index (κ1) is 27.3. The molecule has 0 saturated heterocycles. The van der Waals surface area contributed by atoms with Gasteiger partial charge in [0.05, 0.1) is 5.69 Å². The highest BCUT2D eigenvalue weighted by Crippen LogP contribution is 2.21. The number of nitrogens with zero attached hydrogens (tertiary/aromatic N) is 3. The minimum absolute atomic E-state index is 0.198. The summed E-state index contributed by atoms with van der Waals surface area (Å²) in [6.07, 6.45) is 1.18. The van der Waals surface area contributed by atoms with Crippen LogP contribution in [0.2, 0.25) is 0 Å². The van der Waals surface area contributed by atoms with Gasteiger partial charge in [0, 0.05) is 27.2 Å². The van der Waals surface area contributed by atoms with E-state index >= 15 is 0 Å². The lowest BCUT2D eigenvalue weighted by Crippen LogP contribution is -2.53. The Balaban J connectivity index is 2.46. The van der Waals surface area contributed by atoms with Crippen molar-refractivity contribution in [1.29, 1.82) is 0 Å². The van der Waals surface area contributed by atoms with Crippen molar-refractivity contribution >= 4 is 27.7 Å². The summed E-state index contributed by atoms with van der Waals surface area (Å²) in [5.74, 6) is -0.693. The molecule has 2 aromatic rings. The summed E-state index contributed by atoms with van der Waals surface area (Å²) in [4.78, 5) is 28.1. The van der Waals surface area contributed by atoms with Crippen LogP contribution in [0, 0.1) is 6.92 Å². The fourth-order valence-electron chi connectivity index (χ4n) is 3.60. The maximum absolute atomic E-state index is 13.7. The van der Waals surface area contributed by atoms with Crippen molar-refractivity contribution < 1.29 is 18.0 Å². The Morgan fingerprint density at radius 3 is 2.24 bits per heavy atom. The zero-order valence-corrected chi connectivity index (χ0v) is 21.5. The van der Waals surface area contributed by atoms with Crippen LogP contribution in [0.25, 0.3) is 0 Å². The lowest BCUT2D eigenvalue weighted by atomic mass is 10.1. The molecule has 34 heavy (non-hydrogen) atoms. The highest BCUT2D eigenvalue weighted by atomic mass is 32.2. The normalized spacial score (nSPS) is 12.3. The van der Waals surface area contributed by atoms with E-state index in [1.165, 1.54) is 19.0 Å². The molecule has 0 heterocycles. The van der Waals surface area contributed by atoms with Gasteiger partial charge in [-0.25, -0.2) is 4.31 Å². The molecule has 8 nitrogen and oxygen atoms in total. The van der Waals surface area contributed by atoms with Crippen LogP contribution >= 0.6 is 0 Å². The van der Waals surface area contributed by atoms with Gasteiger partial charge in [0.15, 0.2) is 0 Å². The summed E-state index contributed by atoms with van der Waals surface area (Å²) in [6, 6.07) is 15.5. The molecule has 0 aliphatic rings. The second-order valence-electron chi connectivity index (χ2n) is 8.36. The number of rotatable bonds is 12. The highest BCUT2D eigenvalue weighted by molar-refractivity contribution is 7.90. The molecular formula is C25H36N4O4S. The van der Waals surface area contributed by atoms with Gasteiger partial charge in [0.25, 0.3) is 0 Å². The van der Waals surface area contributed by atoms with E-state index in [9.17, 15) is 18.0 Å². The number of para-hydroxylation sites is 1. The molecule has 0 aliphatic carbocycles. The SMILES string of the molecule is CCCNC(=O)[C@H](CC)N(Cc1cccc(C)c1)C(=O)CN(c1ccccc1)S(=O)(=O)N(C)C. The van der Waals surface area contributed by atoms with E-state index in [0.29, 0.717) is 18.7 Å². The summed E-state index contributed by atoms with van der Waals surface area (Å²) >= 11 is 0. The quantitative estimate of drug-likeness (QED) is 0.497. The standard InChI is InChI=1S/C25H36N4O4S/c1-6-16-26-25(31)23(7-2)28(18-21-13-11-12-20(3)17-21)24(30)19-29(34(32,33)27(4)5)22-14-9-8-10-15-22/h8-15,17,23H,6-7,16,18-19H2,1-5H3,(H,26,31)/t23-/m0/s1. The molecule has 2 aromatic carbocycles.